The number of hydrogen-bond donors (Lipinski definition) is 1. The highest BCUT2D eigenvalue weighted by atomic mass is 79.9. The van der Waals surface area contributed by atoms with E-state index in [0.717, 1.165) is 9.47 Å². The van der Waals surface area contributed by atoms with Gasteiger partial charge in [-0.3, -0.25) is 0 Å². The van der Waals surface area contributed by atoms with Crippen molar-refractivity contribution in [3.8, 4) is 0 Å². The van der Waals surface area contributed by atoms with Crippen LogP contribution in [0.15, 0.2) is 3.79 Å². The van der Waals surface area contributed by atoms with Gasteiger partial charge < -0.3 is 5.73 Å². The molecule has 1 heterocycles. The minimum Gasteiger partial charge on any atom is -0.397 e. The van der Waals surface area contributed by atoms with Crippen molar-refractivity contribution < 1.29 is 0 Å². The van der Waals surface area contributed by atoms with Crippen LogP contribution in [-0.2, 0) is 12.8 Å². The fourth-order valence-corrected chi connectivity index (χ4v) is 3.77. The Labute approximate surface area is 91.5 Å². The van der Waals surface area contributed by atoms with E-state index in [-0.39, 0.29) is 0 Å². The van der Waals surface area contributed by atoms with Crippen molar-refractivity contribution in [2.45, 2.75) is 38.5 Å². The molecule has 2 N–H and O–H groups in total. The van der Waals surface area contributed by atoms with Crippen molar-refractivity contribution >= 4 is 33.0 Å². The molecule has 0 spiro atoms. The van der Waals surface area contributed by atoms with E-state index in [1.807, 2.05) is 11.3 Å². The Morgan fingerprint density at radius 2 is 1.77 bits per heavy atom. The molecule has 0 unspecified atom stereocenters. The zero-order valence-electron chi connectivity index (χ0n) is 7.61. The van der Waals surface area contributed by atoms with Gasteiger partial charge in [-0.1, -0.05) is 12.8 Å². The second-order valence-corrected chi connectivity index (χ2v) is 6.03. The van der Waals surface area contributed by atoms with E-state index >= 15 is 0 Å². The summed E-state index contributed by atoms with van der Waals surface area (Å²) in [6.45, 7) is 0. The Morgan fingerprint density at radius 1 is 1.08 bits per heavy atom. The maximum atomic E-state index is 6.01. The summed E-state index contributed by atoms with van der Waals surface area (Å²) in [6.07, 6.45) is 7.81. The van der Waals surface area contributed by atoms with E-state index in [4.69, 9.17) is 5.73 Å². The molecule has 13 heavy (non-hydrogen) atoms. The topological polar surface area (TPSA) is 26.0 Å². The first-order valence-corrected chi connectivity index (χ1v) is 6.45. The predicted octanol–water partition coefficient (Wildman–Crippen LogP) is 3.75. The molecule has 72 valence electrons. The molecule has 1 aromatic rings. The van der Waals surface area contributed by atoms with Gasteiger partial charge in [0.25, 0.3) is 0 Å². The molecule has 1 nitrogen and oxygen atoms in total. The fraction of sp³-hybridized carbons (Fsp3) is 0.600. The largest absolute Gasteiger partial charge is 0.397 e. The molecule has 0 bridgehead atoms. The van der Waals surface area contributed by atoms with Crippen molar-refractivity contribution in [3.63, 3.8) is 0 Å². The molecule has 0 aliphatic heterocycles. The van der Waals surface area contributed by atoms with Crippen LogP contribution in [-0.4, -0.2) is 0 Å². The molecular formula is C10H14BrNS. The lowest BCUT2D eigenvalue weighted by Gasteiger charge is -2.09. The van der Waals surface area contributed by atoms with E-state index in [1.165, 1.54) is 49.0 Å². The summed E-state index contributed by atoms with van der Waals surface area (Å²) in [5.74, 6) is 0. The van der Waals surface area contributed by atoms with Gasteiger partial charge in [0.05, 0.1) is 9.47 Å². The summed E-state index contributed by atoms with van der Waals surface area (Å²) in [5, 5.41) is 0. The second-order valence-electron chi connectivity index (χ2n) is 3.61. The van der Waals surface area contributed by atoms with Crippen LogP contribution in [0.3, 0.4) is 0 Å². The Balaban J connectivity index is 2.33. The molecule has 0 fully saturated rings. The maximum Gasteiger partial charge on any atom is 0.0933 e. The highest BCUT2D eigenvalue weighted by Gasteiger charge is 2.15. The zero-order chi connectivity index (χ0) is 9.26. The summed E-state index contributed by atoms with van der Waals surface area (Å²) in [7, 11) is 0. The summed E-state index contributed by atoms with van der Waals surface area (Å²) in [6, 6.07) is 0. The smallest absolute Gasteiger partial charge is 0.0933 e. The lowest BCUT2D eigenvalue weighted by Crippen LogP contribution is -1.98. The Morgan fingerprint density at radius 3 is 2.54 bits per heavy atom. The standard InChI is InChI=1S/C10H14BrNS/c11-10-9(12)7-5-3-1-2-4-6-8(7)13-10/h1-6,12H2. The Hall–Kier alpha value is -0.0200. The SMILES string of the molecule is Nc1c(Br)sc2c1CCCCCC2. The number of thiophene rings is 1. The molecule has 0 aromatic carbocycles. The maximum absolute atomic E-state index is 6.01. The molecule has 2 rings (SSSR count). The first-order chi connectivity index (χ1) is 6.29. The molecule has 0 saturated carbocycles. The van der Waals surface area contributed by atoms with Crippen molar-refractivity contribution in [2.24, 2.45) is 0 Å². The van der Waals surface area contributed by atoms with Gasteiger partial charge in [-0.2, -0.15) is 0 Å². The average Bonchev–Trinajstić information content (AvgIpc) is 2.31. The van der Waals surface area contributed by atoms with E-state index in [1.54, 1.807) is 0 Å². The Kier molecular flexibility index (Phi) is 2.94. The molecule has 3 heteroatoms. The molecule has 0 radical (unpaired) electrons. The number of nitrogen functional groups attached to an aromatic ring is 1. The van der Waals surface area contributed by atoms with Crippen LogP contribution < -0.4 is 5.73 Å². The Bertz CT molecular complexity index is 306. The first kappa shape index (κ1) is 9.53. The van der Waals surface area contributed by atoms with Gasteiger partial charge in [0.2, 0.25) is 0 Å². The highest BCUT2D eigenvalue weighted by molar-refractivity contribution is 9.11. The number of anilines is 1. The first-order valence-electron chi connectivity index (χ1n) is 4.84. The van der Waals surface area contributed by atoms with E-state index < -0.39 is 0 Å². The zero-order valence-corrected chi connectivity index (χ0v) is 10.0. The van der Waals surface area contributed by atoms with Crippen LogP contribution in [0.1, 0.15) is 36.1 Å². The summed E-state index contributed by atoms with van der Waals surface area (Å²) < 4.78 is 1.14. The molecular weight excluding hydrogens is 246 g/mol. The lowest BCUT2D eigenvalue weighted by atomic mass is 9.99. The highest BCUT2D eigenvalue weighted by Crippen LogP contribution is 2.38. The number of hydrogen-bond acceptors (Lipinski definition) is 2. The summed E-state index contributed by atoms with van der Waals surface area (Å²) >= 11 is 5.35. The van der Waals surface area contributed by atoms with E-state index in [9.17, 15) is 0 Å². The molecule has 1 aliphatic carbocycles. The summed E-state index contributed by atoms with van der Waals surface area (Å²) in [5.41, 5.74) is 8.44. The third-order valence-electron chi connectivity index (χ3n) is 2.67. The number of nitrogens with two attached hydrogens (primary N) is 1. The van der Waals surface area contributed by atoms with E-state index in [0.29, 0.717) is 0 Å². The van der Waals surface area contributed by atoms with Gasteiger partial charge in [-0.05, 0) is 47.2 Å². The van der Waals surface area contributed by atoms with Gasteiger partial charge in [-0.15, -0.1) is 11.3 Å². The van der Waals surface area contributed by atoms with Crippen LogP contribution in [0.4, 0.5) is 5.69 Å². The van der Waals surface area contributed by atoms with Crippen LogP contribution in [0.2, 0.25) is 0 Å². The van der Waals surface area contributed by atoms with Gasteiger partial charge in [-0.25, -0.2) is 0 Å². The number of aryl methyl sites for hydroxylation is 1. The van der Waals surface area contributed by atoms with Crippen molar-refractivity contribution in [1.29, 1.82) is 0 Å². The van der Waals surface area contributed by atoms with Crippen LogP contribution in [0.5, 0.6) is 0 Å². The van der Waals surface area contributed by atoms with Crippen molar-refractivity contribution in [2.75, 3.05) is 5.73 Å². The van der Waals surface area contributed by atoms with E-state index in [2.05, 4.69) is 15.9 Å². The van der Waals surface area contributed by atoms with Crippen LogP contribution in [0, 0.1) is 0 Å². The quantitative estimate of drug-likeness (QED) is 0.755. The normalized spacial score (nSPS) is 17.6. The molecule has 0 atom stereocenters. The van der Waals surface area contributed by atoms with Gasteiger partial charge in [0.15, 0.2) is 0 Å². The summed E-state index contributed by atoms with van der Waals surface area (Å²) in [4.78, 5) is 1.52. The number of rotatable bonds is 0. The predicted molar refractivity (Wildman–Crippen MR) is 62.3 cm³/mol. The number of halogens is 1. The van der Waals surface area contributed by atoms with Crippen LogP contribution in [0.25, 0.3) is 0 Å². The molecule has 0 saturated heterocycles. The van der Waals surface area contributed by atoms with Gasteiger partial charge in [0, 0.05) is 4.88 Å². The third kappa shape index (κ3) is 1.91. The van der Waals surface area contributed by atoms with Gasteiger partial charge in [0.1, 0.15) is 0 Å². The van der Waals surface area contributed by atoms with Gasteiger partial charge >= 0.3 is 0 Å². The monoisotopic (exact) mass is 259 g/mol. The molecule has 1 aromatic heterocycles. The average molecular weight is 260 g/mol. The van der Waals surface area contributed by atoms with Crippen molar-refractivity contribution in [1.82, 2.24) is 0 Å². The minimum atomic E-state index is 1.00. The minimum absolute atomic E-state index is 1.00. The lowest BCUT2D eigenvalue weighted by molar-refractivity contribution is 0.623. The van der Waals surface area contributed by atoms with Crippen molar-refractivity contribution in [3.05, 3.63) is 14.2 Å². The third-order valence-corrected chi connectivity index (χ3v) is 4.68. The molecule has 0 amide bonds. The molecule has 1 aliphatic rings. The van der Waals surface area contributed by atoms with Crippen LogP contribution >= 0.6 is 27.3 Å². The fourth-order valence-electron chi connectivity index (χ4n) is 1.91. The second kappa shape index (κ2) is 4.01. The number of fused-ring (bicyclic) bond motifs is 1.